The minimum atomic E-state index is -0.988. The van der Waals surface area contributed by atoms with Gasteiger partial charge in [0.15, 0.2) is 0 Å². The molecule has 0 saturated heterocycles. The second kappa shape index (κ2) is 3.73. The van der Waals surface area contributed by atoms with E-state index in [1.165, 1.54) is 6.07 Å². The van der Waals surface area contributed by atoms with Crippen LogP contribution >= 0.6 is 0 Å². The summed E-state index contributed by atoms with van der Waals surface area (Å²) in [6.07, 6.45) is 0. The summed E-state index contributed by atoms with van der Waals surface area (Å²) in [6, 6.07) is 1.46. The molecule has 0 unspecified atom stereocenters. The van der Waals surface area contributed by atoms with Gasteiger partial charge < -0.3 is 10.8 Å². The van der Waals surface area contributed by atoms with E-state index in [9.17, 15) is 4.79 Å². The van der Waals surface area contributed by atoms with Gasteiger partial charge >= 0.3 is 5.97 Å². The average molecular weight is 206 g/mol. The van der Waals surface area contributed by atoms with Gasteiger partial charge in [-0.05, 0) is 43.5 Å². The molecule has 1 rings (SSSR count). The van der Waals surface area contributed by atoms with Crippen LogP contribution in [-0.2, 0) is 0 Å². The summed E-state index contributed by atoms with van der Waals surface area (Å²) in [6.45, 7) is 5.43. The number of amidine groups is 1. The van der Waals surface area contributed by atoms with Gasteiger partial charge in [-0.25, -0.2) is 4.79 Å². The van der Waals surface area contributed by atoms with Crippen LogP contribution in [0, 0.1) is 26.2 Å². The van der Waals surface area contributed by atoms with Crippen LogP contribution in [0.2, 0.25) is 0 Å². The minimum Gasteiger partial charge on any atom is -0.478 e. The fourth-order valence-electron chi connectivity index (χ4n) is 1.55. The standard InChI is InChI=1S/C11H14N2O2/c1-5-6(2)8(10(12)13)4-9(7(5)3)11(14)15/h4H,1-3H3,(H3,12,13)(H,14,15). The van der Waals surface area contributed by atoms with E-state index in [1.807, 2.05) is 13.8 Å². The predicted octanol–water partition coefficient (Wildman–Crippen LogP) is 1.59. The number of rotatable bonds is 2. The molecule has 4 nitrogen and oxygen atoms in total. The van der Waals surface area contributed by atoms with Crippen molar-refractivity contribution in [3.8, 4) is 0 Å². The molecule has 0 heterocycles. The first kappa shape index (κ1) is 11.2. The molecule has 15 heavy (non-hydrogen) atoms. The van der Waals surface area contributed by atoms with E-state index in [2.05, 4.69) is 0 Å². The van der Waals surface area contributed by atoms with Crippen LogP contribution < -0.4 is 5.73 Å². The summed E-state index contributed by atoms with van der Waals surface area (Å²) in [5, 5.41) is 16.3. The minimum absolute atomic E-state index is 0.0990. The number of hydrogen-bond acceptors (Lipinski definition) is 2. The Labute approximate surface area is 88.2 Å². The van der Waals surface area contributed by atoms with Crippen molar-refractivity contribution in [1.29, 1.82) is 5.41 Å². The van der Waals surface area contributed by atoms with Gasteiger partial charge in [-0.15, -0.1) is 0 Å². The van der Waals surface area contributed by atoms with Gasteiger partial charge in [0, 0.05) is 5.56 Å². The number of aromatic carboxylic acids is 1. The number of benzene rings is 1. The van der Waals surface area contributed by atoms with Crippen LogP contribution in [0.3, 0.4) is 0 Å². The summed E-state index contributed by atoms with van der Waals surface area (Å²) in [5.74, 6) is -1.09. The van der Waals surface area contributed by atoms with Crippen LogP contribution in [0.15, 0.2) is 6.07 Å². The molecular weight excluding hydrogens is 192 g/mol. The second-order valence-electron chi connectivity index (χ2n) is 3.57. The molecule has 1 aromatic rings. The van der Waals surface area contributed by atoms with Gasteiger partial charge in [-0.1, -0.05) is 0 Å². The number of carboxylic acids is 1. The summed E-state index contributed by atoms with van der Waals surface area (Å²) < 4.78 is 0. The molecule has 0 radical (unpaired) electrons. The molecule has 0 spiro atoms. The lowest BCUT2D eigenvalue weighted by atomic mass is 9.93. The Kier molecular flexibility index (Phi) is 2.79. The summed E-state index contributed by atoms with van der Waals surface area (Å²) >= 11 is 0. The molecule has 0 aliphatic heterocycles. The molecule has 1 aromatic carbocycles. The number of hydrogen-bond donors (Lipinski definition) is 3. The molecule has 0 atom stereocenters. The van der Waals surface area contributed by atoms with Crippen LogP contribution in [0.25, 0.3) is 0 Å². The molecular formula is C11H14N2O2. The van der Waals surface area contributed by atoms with E-state index >= 15 is 0 Å². The number of carboxylic acid groups (broad SMARTS) is 1. The molecule has 4 heteroatoms. The largest absolute Gasteiger partial charge is 0.478 e. The zero-order chi connectivity index (χ0) is 11.7. The quantitative estimate of drug-likeness (QED) is 0.507. The van der Waals surface area contributed by atoms with Crippen molar-refractivity contribution in [2.24, 2.45) is 5.73 Å². The van der Waals surface area contributed by atoms with Crippen molar-refractivity contribution in [2.75, 3.05) is 0 Å². The first-order valence-corrected chi connectivity index (χ1v) is 4.54. The zero-order valence-electron chi connectivity index (χ0n) is 9.01. The van der Waals surface area contributed by atoms with Gasteiger partial charge in [0.1, 0.15) is 5.84 Å². The Balaban J connectivity index is 3.59. The fourth-order valence-corrected chi connectivity index (χ4v) is 1.55. The zero-order valence-corrected chi connectivity index (χ0v) is 9.01. The van der Waals surface area contributed by atoms with Crippen LogP contribution in [0.5, 0.6) is 0 Å². The van der Waals surface area contributed by atoms with Gasteiger partial charge in [-0.3, -0.25) is 5.41 Å². The maximum Gasteiger partial charge on any atom is 0.335 e. The Hall–Kier alpha value is -1.84. The molecule has 0 aromatic heterocycles. The van der Waals surface area contributed by atoms with Gasteiger partial charge in [-0.2, -0.15) is 0 Å². The maximum atomic E-state index is 10.9. The van der Waals surface area contributed by atoms with Crippen LogP contribution in [0.4, 0.5) is 0 Å². The normalized spacial score (nSPS) is 10.1. The van der Waals surface area contributed by atoms with Crippen molar-refractivity contribution in [3.05, 3.63) is 33.9 Å². The number of nitrogens with two attached hydrogens (primary N) is 1. The maximum absolute atomic E-state index is 10.9. The second-order valence-corrected chi connectivity index (χ2v) is 3.57. The molecule has 0 aliphatic carbocycles. The Morgan fingerprint density at radius 1 is 1.20 bits per heavy atom. The van der Waals surface area contributed by atoms with Crippen LogP contribution in [0.1, 0.15) is 32.6 Å². The molecule has 0 amide bonds. The Morgan fingerprint density at radius 2 is 1.67 bits per heavy atom. The Bertz CT molecular complexity index is 412. The van der Waals surface area contributed by atoms with Gasteiger partial charge in [0.2, 0.25) is 0 Å². The van der Waals surface area contributed by atoms with Crippen molar-refractivity contribution < 1.29 is 9.90 Å². The molecule has 0 aliphatic rings. The smallest absolute Gasteiger partial charge is 0.335 e. The highest BCUT2D eigenvalue weighted by Crippen LogP contribution is 2.21. The third-order valence-corrected chi connectivity index (χ3v) is 2.74. The summed E-state index contributed by atoms with van der Waals surface area (Å²) in [4.78, 5) is 10.9. The van der Waals surface area contributed by atoms with Crippen molar-refractivity contribution in [2.45, 2.75) is 20.8 Å². The molecule has 80 valence electrons. The van der Waals surface area contributed by atoms with Crippen molar-refractivity contribution in [1.82, 2.24) is 0 Å². The predicted molar refractivity (Wildman–Crippen MR) is 58.6 cm³/mol. The summed E-state index contributed by atoms with van der Waals surface area (Å²) in [7, 11) is 0. The summed E-state index contributed by atoms with van der Waals surface area (Å²) in [5.41, 5.74) is 8.57. The van der Waals surface area contributed by atoms with E-state index in [0.717, 1.165) is 16.7 Å². The first-order chi connectivity index (χ1) is 6.86. The van der Waals surface area contributed by atoms with E-state index in [0.29, 0.717) is 5.56 Å². The third-order valence-electron chi connectivity index (χ3n) is 2.74. The highest BCUT2D eigenvalue weighted by atomic mass is 16.4. The molecule has 0 fully saturated rings. The highest BCUT2D eigenvalue weighted by molar-refractivity contribution is 6.00. The van der Waals surface area contributed by atoms with E-state index in [-0.39, 0.29) is 11.4 Å². The average Bonchev–Trinajstić information content (AvgIpc) is 2.13. The van der Waals surface area contributed by atoms with Crippen molar-refractivity contribution in [3.63, 3.8) is 0 Å². The lowest BCUT2D eigenvalue weighted by molar-refractivity contribution is 0.0696. The van der Waals surface area contributed by atoms with Gasteiger partial charge in [0.25, 0.3) is 0 Å². The number of nitrogens with one attached hydrogen (secondary N) is 1. The topological polar surface area (TPSA) is 87.2 Å². The van der Waals surface area contributed by atoms with E-state index < -0.39 is 5.97 Å². The highest BCUT2D eigenvalue weighted by Gasteiger charge is 2.15. The van der Waals surface area contributed by atoms with E-state index in [4.69, 9.17) is 16.2 Å². The molecule has 4 N–H and O–H groups in total. The molecule has 0 saturated carbocycles. The monoisotopic (exact) mass is 206 g/mol. The van der Waals surface area contributed by atoms with Gasteiger partial charge in [0.05, 0.1) is 5.56 Å². The van der Waals surface area contributed by atoms with E-state index in [1.54, 1.807) is 6.92 Å². The van der Waals surface area contributed by atoms with Crippen LogP contribution in [-0.4, -0.2) is 16.9 Å². The van der Waals surface area contributed by atoms with Crippen molar-refractivity contribution >= 4 is 11.8 Å². The molecule has 0 bridgehead atoms. The fraction of sp³-hybridized carbons (Fsp3) is 0.273. The lowest BCUT2D eigenvalue weighted by Crippen LogP contribution is -2.16. The first-order valence-electron chi connectivity index (χ1n) is 4.54. The number of carbonyl (C=O) groups is 1. The lowest BCUT2D eigenvalue weighted by Gasteiger charge is -2.12. The number of nitrogen functional groups attached to an aromatic ring is 1. The SMILES string of the molecule is Cc1c(C(=N)N)cc(C(=O)O)c(C)c1C. The Morgan fingerprint density at radius 3 is 2.07 bits per heavy atom. The third kappa shape index (κ3) is 1.83.